The second-order valence-electron chi connectivity index (χ2n) is 6.05. The Hall–Kier alpha value is -1.89. The maximum Gasteiger partial charge on any atom is 0.226 e. The first kappa shape index (κ1) is 14.1. The van der Waals surface area contributed by atoms with Gasteiger partial charge in [0, 0.05) is 26.2 Å². The molecule has 2 aromatic heterocycles. The third-order valence-corrected chi connectivity index (χ3v) is 4.62. The van der Waals surface area contributed by atoms with Crippen LogP contribution in [0, 0.1) is 0 Å². The van der Waals surface area contributed by atoms with Crippen LogP contribution in [0.4, 0.5) is 11.8 Å². The second kappa shape index (κ2) is 5.14. The molecule has 1 fully saturated rings. The molecule has 0 aliphatic heterocycles. The summed E-state index contributed by atoms with van der Waals surface area (Å²) < 4.78 is 0. The van der Waals surface area contributed by atoms with Crippen LogP contribution in [0.15, 0.2) is 6.33 Å². The van der Waals surface area contributed by atoms with Gasteiger partial charge in [0.15, 0.2) is 11.5 Å². The summed E-state index contributed by atoms with van der Waals surface area (Å²) in [6.45, 7) is 0.953. The van der Waals surface area contributed by atoms with Crippen LogP contribution in [0.25, 0.3) is 11.2 Å². The third-order valence-electron chi connectivity index (χ3n) is 4.62. The number of hydrogen-bond acceptors (Lipinski definition) is 6. The summed E-state index contributed by atoms with van der Waals surface area (Å²) >= 11 is 0. The van der Waals surface area contributed by atoms with E-state index in [1.165, 1.54) is 19.3 Å². The van der Waals surface area contributed by atoms with Crippen LogP contribution < -0.4 is 10.2 Å². The summed E-state index contributed by atoms with van der Waals surface area (Å²) in [6.07, 6.45) is 5.44. The number of rotatable bonds is 5. The van der Waals surface area contributed by atoms with Gasteiger partial charge in [-0.15, -0.1) is 0 Å². The molecule has 0 spiro atoms. The van der Waals surface area contributed by atoms with Gasteiger partial charge in [0.05, 0.1) is 6.33 Å². The van der Waals surface area contributed by atoms with Crippen LogP contribution >= 0.6 is 0 Å². The van der Waals surface area contributed by atoms with Crippen molar-refractivity contribution < 1.29 is 0 Å². The first-order valence-electron chi connectivity index (χ1n) is 7.33. The maximum atomic E-state index is 4.61. The molecule has 0 atom stereocenters. The predicted molar refractivity (Wildman–Crippen MR) is 84.8 cm³/mol. The van der Waals surface area contributed by atoms with E-state index in [-0.39, 0.29) is 5.54 Å². The number of H-pyrrole nitrogens is 1. The molecular weight excluding hydrogens is 266 g/mol. The zero-order valence-corrected chi connectivity index (χ0v) is 13.1. The van der Waals surface area contributed by atoms with Crippen molar-refractivity contribution >= 4 is 22.9 Å². The number of hydrogen-bond donors (Lipinski definition) is 2. The number of fused-ring (bicyclic) bond motifs is 1. The molecule has 0 bridgehead atoms. The fourth-order valence-electron chi connectivity index (χ4n) is 3.05. The molecule has 2 heterocycles. The fourth-order valence-corrected chi connectivity index (χ4v) is 3.05. The lowest BCUT2D eigenvalue weighted by molar-refractivity contribution is 0.0682. The van der Waals surface area contributed by atoms with Crippen LogP contribution in [0.2, 0.25) is 0 Å². The number of aromatic amines is 1. The molecule has 2 aromatic rings. The zero-order valence-electron chi connectivity index (χ0n) is 13.1. The van der Waals surface area contributed by atoms with E-state index >= 15 is 0 Å². The van der Waals surface area contributed by atoms with E-state index < -0.39 is 0 Å². The number of aromatic nitrogens is 4. The Morgan fingerprint density at radius 3 is 2.62 bits per heavy atom. The standard InChI is InChI=1S/C14H23N7/c1-15-13-18-11-10(16-9-17-11)12(19-13)21(4)8-14(20(2)3)6-5-7-14/h9H,5-8H2,1-4H3,(H2,15,16,17,18,19). The molecular formula is C14H23N7. The van der Waals surface area contributed by atoms with Crippen LogP contribution in [0.1, 0.15) is 19.3 Å². The average Bonchev–Trinajstić information content (AvgIpc) is 2.88. The Morgan fingerprint density at radius 1 is 1.29 bits per heavy atom. The van der Waals surface area contributed by atoms with E-state index in [9.17, 15) is 0 Å². The zero-order chi connectivity index (χ0) is 15.0. The molecule has 0 saturated heterocycles. The summed E-state index contributed by atoms with van der Waals surface area (Å²) in [7, 11) is 8.24. The highest BCUT2D eigenvalue weighted by molar-refractivity contribution is 5.84. The Bertz CT molecular complexity index is 629. The fraction of sp³-hybridized carbons (Fsp3) is 0.643. The van der Waals surface area contributed by atoms with Gasteiger partial charge in [-0.2, -0.15) is 9.97 Å². The minimum atomic E-state index is 0.256. The summed E-state index contributed by atoms with van der Waals surface area (Å²) in [4.78, 5) is 20.9. The van der Waals surface area contributed by atoms with Gasteiger partial charge >= 0.3 is 0 Å². The molecule has 0 amide bonds. The lowest BCUT2D eigenvalue weighted by atomic mass is 9.75. The molecule has 1 aliphatic rings. The van der Waals surface area contributed by atoms with Crippen LogP contribution in [0.3, 0.4) is 0 Å². The lowest BCUT2D eigenvalue weighted by Gasteiger charge is -2.49. The third kappa shape index (κ3) is 2.31. The number of nitrogens with zero attached hydrogens (tertiary/aromatic N) is 5. The van der Waals surface area contributed by atoms with E-state index in [1.54, 1.807) is 6.33 Å². The normalized spacial score (nSPS) is 17.0. The minimum Gasteiger partial charge on any atom is -0.357 e. The highest BCUT2D eigenvalue weighted by Crippen LogP contribution is 2.37. The van der Waals surface area contributed by atoms with Crippen molar-refractivity contribution in [1.29, 1.82) is 0 Å². The van der Waals surface area contributed by atoms with Gasteiger partial charge < -0.3 is 20.1 Å². The van der Waals surface area contributed by atoms with Crippen molar-refractivity contribution in [1.82, 2.24) is 24.8 Å². The Labute approximate surface area is 124 Å². The van der Waals surface area contributed by atoms with Crippen molar-refractivity contribution in [2.45, 2.75) is 24.8 Å². The van der Waals surface area contributed by atoms with Gasteiger partial charge in [0.25, 0.3) is 0 Å². The second-order valence-corrected chi connectivity index (χ2v) is 6.05. The molecule has 0 radical (unpaired) electrons. The van der Waals surface area contributed by atoms with Crippen molar-refractivity contribution in [2.24, 2.45) is 0 Å². The maximum absolute atomic E-state index is 4.61. The van der Waals surface area contributed by atoms with Gasteiger partial charge in [-0.1, -0.05) is 0 Å². The molecule has 7 heteroatoms. The largest absolute Gasteiger partial charge is 0.357 e. The number of likely N-dealkylation sites (N-methyl/N-ethyl adjacent to an activating group) is 2. The Kier molecular flexibility index (Phi) is 3.44. The Balaban J connectivity index is 1.93. The van der Waals surface area contributed by atoms with E-state index in [4.69, 9.17) is 0 Å². The summed E-state index contributed by atoms with van der Waals surface area (Å²) in [5.74, 6) is 1.50. The first-order valence-corrected chi connectivity index (χ1v) is 7.33. The first-order chi connectivity index (χ1) is 10.1. The van der Waals surface area contributed by atoms with Gasteiger partial charge in [-0.3, -0.25) is 0 Å². The van der Waals surface area contributed by atoms with E-state index in [1.807, 2.05) is 7.05 Å². The van der Waals surface area contributed by atoms with Gasteiger partial charge in [0.2, 0.25) is 5.95 Å². The molecule has 0 aromatic carbocycles. The minimum absolute atomic E-state index is 0.256. The van der Waals surface area contributed by atoms with Crippen molar-refractivity contribution in [2.75, 3.05) is 45.0 Å². The molecule has 0 unspecified atom stereocenters. The molecule has 7 nitrogen and oxygen atoms in total. The van der Waals surface area contributed by atoms with E-state index in [0.29, 0.717) is 11.6 Å². The highest BCUT2D eigenvalue weighted by Gasteiger charge is 2.40. The predicted octanol–water partition coefficient (Wildman–Crippen LogP) is 1.32. The van der Waals surface area contributed by atoms with Crippen molar-refractivity contribution in [3.8, 4) is 0 Å². The Morgan fingerprint density at radius 2 is 2.05 bits per heavy atom. The molecule has 1 aliphatic carbocycles. The SMILES string of the molecule is CNc1nc(N(C)CC2(N(C)C)CCC2)c2[nH]cnc2n1. The lowest BCUT2D eigenvalue weighted by Crippen LogP contribution is -2.56. The van der Waals surface area contributed by atoms with Crippen molar-refractivity contribution in [3.05, 3.63) is 6.33 Å². The molecule has 3 rings (SSSR count). The smallest absolute Gasteiger partial charge is 0.226 e. The average molecular weight is 289 g/mol. The summed E-state index contributed by atoms with van der Waals surface area (Å²) in [6, 6.07) is 0. The van der Waals surface area contributed by atoms with Crippen LogP contribution in [0.5, 0.6) is 0 Å². The quantitative estimate of drug-likeness (QED) is 0.865. The molecule has 21 heavy (non-hydrogen) atoms. The molecule has 2 N–H and O–H groups in total. The monoisotopic (exact) mass is 289 g/mol. The van der Waals surface area contributed by atoms with Gasteiger partial charge in [0.1, 0.15) is 5.52 Å². The highest BCUT2D eigenvalue weighted by atomic mass is 15.3. The van der Waals surface area contributed by atoms with Gasteiger partial charge in [-0.05, 0) is 33.4 Å². The molecule has 1 saturated carbocycles. The number of imidazole rings is 1. The van der Waals surface area contributed by atoms with E-state index in [2.05, 4.69) is 56.2 Å². The molecule has 114 valence electrons. The van der Waals surface area contributed by atoms with Gasteiger partial charge in [-0.25, -0.2) is 4.98 Å². The summed E-state index contributed by atoms with van der Waals surface area (Å²) in [5, 5.41) is 3.00. The van der Waals surface area contributed by atoms with E-state index in [0.717, 1.165) is 17.9 Å². The topological polar surface area (TPSA) is 73.0 Å². The van der Waals surface area contributed by atoms with Crippen LogP contribution in [-0.2, 0) is 0 Å². The van der Waals surface area contributed by atoms with Crippen molar-refractivity contribution in [3.63, 3.8) is 0 Å². The number of nitrogens with one attached hydrogen (secondary N) is 2. The summed E-state index contributed by atoms with van der Waals surface area (Å²) in [5.41, 5.74) is 1.85. The number of anilines is 2. The van der Waals surface area contributed by atoms with Crippen LogP contribution in [-0.4, -0.2) is 65.1 Å².